The molecule has 12 rings (SSSR count). The molecule has 0 N–H and O–H groups in total. The quantitative estimate of drug-likeness (QED) is 0.177. The Hall–Kier alpha value is -7.89. The second kappa shape index (κ2) is 12.8. The van der Waals surface area contributed by atoms with Crippen LogP contribution >= 0.6 is 0 Å². The van der Waals surface area contributed by atoms with Crippen LogP contribution in [0.3, 0.4) is 0 Å². The van der Waals surface area contributed by atoms with Gasteiger partial charge in [0, 0.05) is 49.3 Å². The summed E-state index contributed by atoms with van der Waals surface area (Å²) < 4.78 is 4.75. The van der Waals surface area contributed by atoms with Gasteiger partial charge in [-0.05, 0) is 64.7 Å². The monoisotopic (exact) mass is 739 g/mol. The van der Waals surface area contributed by atoms with E-state index in [2.05, 4.69) is 191 Å². The van der Waals surface area contributed by atoms with Crippen LogP contribution in [0.5, 0.6) is 0 Å². The van der Waals surface area contributed by atoms with Crippen molar-refractivity contribution >= 4 is 65.2 Å². The van der Waals surface area contributed by atoms with E-state index >= 15 is 0 Å². The standard InChI is InChI=1S/C53H33N5/c1-3-15-34(16-4-1)51-54-52(37-29-30-43-41-21-9-11-26-46(41)57(49(43)33-37)38-19-5-2-6-20-38)56-53(55-51)44-25-13-24-40-39(44)23-14-28-48(40)58-47-27-12-10-22-42(47)45-31-35-17-7-8-18-36(35)32-50(45)58/h1-33H. The summed E-state index contributed by atoms with van der Waals surface area (Å²) in [6.07, 6.45) is 0. The van der Waals surface area contributed by atoms with Gasteiger partial charge in [0.25, 0.3) is 0 Å². The Morgan fingerprint density at radius 2 is 0.845 bits per heavy atom. The van der Waals surface area contributed by atoms with Crippen molar-refractivity contribution in [2.75, 3.05) is 0 Å². The maximum Gasteiger partial charge on any atom is 0.164 e. The third kappa shape index (κ3) is 5.00. The Balaban J connectivity index is 1.09. The topological polar surface area (TPSA) is 48.5 Å². The smallest absolute Gasteiger partial charge is 0.164 e. The van der Waals surface area contributed by atoms with E-state index in [4.69, 9.17) is 15.0 Å². The summed E-state index contributed by atoms with van der Waals surface area (Å²) in [6.45, 7) is 0. The lowest BCUT2D eigenvalue weighted by Gasteiger charge is -2.15. The normalized spacial score (nSPS) is 11.8. The molecule has 0 amide bonds. The molecule has 0 aliphatic heterocycles. The van der Waals surface area contributed by atoms with Crippen LogP contribution in [0.2, 0.25) is 0 Å². The molecule has 0 saturated carbocycles. The molecule has 3 heterocycles. The third-order valence-electron chi connectivity index (χ3n) is 11.5. The molecule has 0 unspecified atom stereocenters. The van der Waals surface area contributed by atoms with Gasteiger partial charge in [0.1, 0.15) is 0 Å². The zero-order valence-corrected chi connectivity index (χ0v) is 31.3. The summed E-state index contributed by atoms with van der Waals surface area (Å²) >= 11 is 0. The first-order chi connectivity index (χ1) is 28.8. The van der Waals surface area contributed by atoms with E-state index in [1.165, 1.54) is 43.4 Å². The minimum atomic E-state index is 0.623. The summed E-state index contributed by atoms with van der Waals surface area (Å²) in [7, 11) is 0. The molecular formula is C53H33N5. The fourth-order valence-corrected chi connectivity index (χ4v) is 8.90. The number of fused-ring (bicyclic) bond motifs is 8. The molecule has 3 aromatic heterocycles. The number of para-hydroxylation sites is 3. The minimum absolute atomic E-state index is 0.623. The highest BCUT2D eigenvalue weighted by molar-refractivity contribution is 6.15. The number of hydrogen-bond acceptors (Lipinski definition) is 3. The van der Waals surface area contributed by atoms with E-state index in [0.717, 1.165) is 49.9 Å². The van der Waals surface area contributed by atoms with Gasteiger partial charge in [-0.3, -0.25) is 0 Å². The van der Waals surface area contributed by atoms with Crippen LogP contribution in [-0.2, 0) is 0 Å². The van der Waals surface area contributed by atoms with Crippen LogP contribution in [0.4, 0.5) is 0 Å². The molecule has 12 aromatic rings. The molecule has 0 bridgehead atoms. The van der Waals surface area contributed by atoms with Crippen molar-refractivity contribution in [1.29, 1.82) is 0 Å². The van der Waals surface area contributed by atoms with E-state index < -0.39 is 0 Å². The van der Waals surface area contributed by atoms with Gasteiger partial charge < -0.3 is 9.13 Å². The average molecular weight is 740 g/mol. The largest absolute Gasteiger partial charge is 0.309 e. The average Bonchev–Trinajstić information content (AvgIpc) is 3.80. The predicted octanol–water partition coefficient (Wildman–Crippen LogP) is 13.4. The van der Waals surface area contributed by atoms with E-state index in [-0.39, 0.29) is 0 Å². The molecule has 270 valence electrons. The summed E-state index contributed by atoms with van der Waals surface area (Å²) in [5, 5.41) is 9.50. The third-order valence-corrected chi connectivity index (χ3v) is 11.5. The van der Waals surface area contributed by atoms with E-state index in [1.807, 2.05) is 18.2 Å². The molecule has 0 aliphatic rings. The molecular weight excluding hydrogens is 707 g/mol. The molecule has 0 radical (unpaired) electrons. The lowest BCUT2D eigenvalue weighted by molar-refractivity contribution is 1.08. The molecule has 0 aliphatic carbocycles. The van der Waals surface area contributed by atoms with Gasteiger partial charge in [-0.2, -0.15) is 0 Å². The molecule has 5 nitrogen and oxygen atoms in total. The van der Waals surface area contributed by atoms with Crippen molar-refractivity contribution in [3.8, 4) is 45.5 Å². The first-order valence-electron chi connectivity index (χ1n) is 19.6. The number of aromatic nitrogens is 5. The molecule has 58 heavy (non-hydrogen) atoms. The summed E-state index contributed by atoms with van der Waals surface area (Å²) in [5.74, 6) is 1.88. The highest BCUT2D eigenvalue weighted by Crippen LogP contribution is 2.40. The van der Waals surface area contributed by atoms with Crippen molar-refractivity contribution in [2.24, 2.45) is 0 Å². The Morgan fingerprint density at radius 1 is 0.293 bits per heavy atom. The van der Waals surface area contributed by atoms with E-state index in [1.54, 1.807) is 0 Å². The van der Waals surface area contributed by atoms with E-state index in [0.29, 0.717) is 17.5 Å². The summed E-state index contributed by atoms with van der Waals surface area (Å²) in [5.41, 5.74) is 9.63. The zero-order chi connectivity index (χ0) is 38.2. The Labute approximate surface area is 333 Å². The van der Waals surface area contributed by atoms with Crippen molar-refractivity contribution in [3.63, 3.8) is 0 Å². The summed E-state index contributed by atoms with van der Waals surface area (Å²) in [6, 6.07) is 70.9. The molecule has 0 spiro atoms. The fourth-order valence-electron chi connectivity index (χ4n) is 8.90. The first-order valence-corrected chi connectivity index (χ1v) is 19.6. The first kappa shape index (κ1) is 32.4. The lowest BCUT2D eigenvalue weighted by Crippen LogP contribution is -2.01. The zero-order valence-electron chi connectivity index (χ0n) is 31.3. The van der Waals surface area contributed by atoms with Crippen molar-refractivity contribution in [1.82, 2.24) is 24.1 Å². The highest BCUT2D eigenvalue weighted by Gasteiger charge is 2.20. The molecule has 5 heteroatoms. The maximum absolute atomic E-state index is 5.30. The Morgan fingerprint density at radius 3 is 1.64 bits per heavy atom. The van der Waals surface area contributed by atoms with Gasteiger partial charge in [0.15, 0.2) is 17.5 Å². The molecule has 9 aromatic carbocycles. The maximum atomic E-state index is 5.30. The van der Waals surface area contributed by atoms with E-state index in [9.17, 15) is 0 Å². The van der Waals surface area contributed by atoms with Gasteiger partial charge in [-0.15, -0.1) is 0 Å². The highest BCUT2D eigenvalue weighted by atomic mass is 15.0. The number of nitrogens with zero attached hydrogens (tertiary/aromatic N) is 5. The van der Waals surface area contributed by atoms with Crippen LogP contribution in [0.15, 0.2) is 200 Å². The fraction of sp³-hybridized carbons (Fsp3) is 0. The van der Waals surface area contributed by atoms with Crippen LogP contribution in [0.25, 0.3) is 111 Å². The molecule has 0 fully saturated rings. The SMILES string of the molecule is c1ccc(-c2nc(-c3ccc4c5ccccc5n(-c5ccccc5)c4c3)nc(-c3cccc4c(-n5c6ccccc6c6cc7ccccc7cc65)cccc34)n2)cc1. The Kier molecular flexibility index (Phi) is 7.16. The predicted molar refractivity (Wildman–Crippen MR) is 240 cm³/mol. The molecule has 0 saturated heterocycles. The van der Waals surface area contributed by atoms with Crippen molar-refractivity contribution < 1.29 is 0 Å². The number of hydrogen-bond donors (Lipinski definition) is 0. The number of rotatable bonds is 5. The van der Waals surface area contributed by atoms with Crippen LogP contribution in [0, 0.1) is 0 Å². The number of benzene rings is 9. The van der Waals surface area contributed by atoms with Gasteiger partial charge in [0.2, 0.25) is 0 Å². The minimum Gasteiger partial charge on any atom is -0.309 e. The van der Waals surface area contributed by atoms with Gasteiger partial charge in [0.05, 0.1) is 27.8 Å². The van der Waals surface area contributed by atoms with Crippen LogP contribution < -0.4 is 0 Å². The van der Waals surface area contributed by atoms with Gasteiger partial charge >= 0.3 is 0 Å². The van der Waals surface area contributed by atoms with Crippen molar-refractivity contribution in [2.45, 2.75) is 0 Å². The van der Waals surface area contributed by atoms with Crippen molar-refractivity contribution in [3.05, 3.63) is 200 Å². The Bertz CT molecular complexity index is 3560. The second-order valence-corrected chi connectivity index (χ2v) is 14.8. The summed E-state index contributed by atoms with van der Waals surface area (Å²) in [4.78, 5) is 15.7. The van der Waals surface area contributed by atoms with Gasteiger partial charge in [-0.25, -0.2) is 15.0 Å². The van der Waals surface area contributed by atoms with Crippen LogP contribution in [-0.4, -0.2) is 24.1 Å². The van der Waals surface area contributed by atoms with Crippen LogP contribution in [0.1, 0.15) is 0 Å². The van der Waals surface area contributed by atoms with Gasteiger partial charge in [-0.1, -0.05) is 152 Å². The lowest BCUT2D eigenvalue weighted by atomic mass is 10.0. The molecule has 0 atom stereocenters. The second-order valence-electron chi connectivity index (χ2n) is 14.8.